The molecule has 0 amide bonds. The van der Waals surface area contributed by atoms with Gasteiger partial charge in [0.05, 0.1) is 0 Å². The summed E-state index contributed by atoms with van der Waals surface area (Å²) in [7, 11) is -3.12. The first-order chi connectivity index (χ1) is 1.73. The number of rotatable bonds is 0. The molecule has 0 aliphatic carbocycles. The zero-order valence-corrected chi connectivity index (χ0v) is 8.07. The van der Waals surface area contributed by atoms with Crippen LogP contribution in [-0.2, 0) is 22.6 Å². The van der Waals surface area contributed by atoms with E-state index in [1.807, 2.05) is 0 Å². The molecule has 0 heterocycles. The van der Waals surface area contributed by atoms with Crippen molar-refractivity contribution in [2.75, 3.05) is 0 Å². The molecule has 1 N–H and O–H groups in total. The molecule has 0 atom stereocenters. The van der Waals surface area contributed by atoms with Crippen LogP contribution >= 0.6 is 7.91 Å². The third kappa shape index (κ3) is 40.3. The smallest absolute Gasteiger partial charge is 0.813 e. The van der Waals surface area contributed by atoms with Crippen molar-refractivity contribution in [2.45, 2.75) is 0 Å². The van der Waals surface area contributed by atoms with Crippen molar-refractivity contribution in [1.82, 2.24) is 0 Å². The van der Waals surface area contributed by atoms with Crippen LogP contribution in [0.4, 0.5) is 0 Å². The molecule has 0 saturated heterocycles. The van der Waals surface area contributed by atoms with Gasteiger partial charge in [-0.15, -0.1) is 0 Å². The first-order valence-corrected chi connectivity index (χ1v) is 1.70. The summed E-state index contributed by atoms with van der Waals surface area (Å²) in [5.41, 5.74) is 0. The molecule has 0 aliphatic rings. The fourth-order valence-electron chi connectivity index (χ4n) is 0. The van der Waals surface area contributed by atoms with Crippen LogP contribution in [0.2, 0.25) is 0 Å². The van der Waals surface area contributed by atoms with Crippen molar-refractivity contribution >= 4 is 21.4 Å². The molecule has 3 nitrogen and oxygen atoms in total. The molecule has 6 heavy (non-hydrogen) atoms. The van der Waals surface area contributed by atoms with Gasteiger partial charge in [0.2, 0.25) is 0 Å². The van der Waals surface area contributed by atoms with Crippen molar-refractivity contribution in [1.29, 1.82) is 0 Å². The van der Waals surface area contributed by atoms with Gasteiger partial charge in [0.1, 0.15) is 0 Å². The van der Waals surface area contributed by atoms with E-state index in [2.05, 4.69) is 0 Å². The second-order valence-corrected chi connectivity index (χ2v) is 0.714. The minimum Gasteiger partial charge on any atom is -0.813 e. The molecule has 0 radical (unpaired) electrons. The van der Waals surface area contributed by atoms with Crippen LogP contribution in [0.3, 0.4) is 0 Å². The Labute approximate surface area is 85.3 Å². The SMILES string of the molecule is O=P(=O)O.[K+].[SH-]. The second kappa shape index (κ2) is 9.96. The maximum Gasteiger partial charge on any atom is 1.00 e. The average molecular weight is 152 g/mol. The molecule has 0 aromatic carbocycles. The minimum atomic E-state index is -3.12. The Morgan fingerprint density at radius 1 is 1.33 bits per heavy atom. The molecule has 6 heteroatoms. The van der Waals surface area contributed by atoms with Gasteiger partial charge in [-0.05, 0) is 0 Å². The van der Waals surface area contributed by atoms with Crippen LogP contribution < -0.4 is 51.4 Å². The minimum absolute atomic E-state index is 0. The first-order valence-electron chi connectivity index (χ1n) is 0.565. The average Bonchev–Trinajstić information content (AvgIpc) is 0.811. The maximum atomic E-state index is 8.59. The topological polar surface area (TPSA) is 54.4 Å². The zero-order chi connectivity index (χ0) is 3.58. The number of hydrogen-bond donors (Lipinski definition) is 1. The quantitative estimate of drug-likeness (QED) is 0.172. The van der Waals surface area contributed by atoms with Crippen LogP contribution in [0, 0.1) is 0 Å². The predicted octanol–water partition coefficient (Wildman–Crippen LogP) is -3.20. The molecule has 0 saturated carbocycles. The Morgan fingerprint density at radius 2 is 1.33 bits per heavy atom. The van der Waals surface area contributed by atoms with E-state index in [-0.39, 0.29) is 64.9 Å². The monoisotopic (exact) mass is 152 g/mol. The van der Waals surface area contributed by atoms with E-state index in [9.17, 15) is 0 Å². The third-order valence-electron chi connectivity index (χ3n) is 0. The first kappa shape index (κ1) is 15.7. The summed E-state index contributed by atoms with van der Waals surface area (Å²) < 4.78 is 17.2. The normalized spacial score (nSPS) is 4.17. The van der Waals surface area contributed by atoms with Crippen LogP contribution in [-0.4, -0.2) is 4.89 Å². The van der Waals surface area contributed by atoms with Crippen molar-refractivity contribution < 1.29 is 65.4 Å². The van der Waals surface area contributed by atoms with Crippen LogP contribution in [0.15, 0.2) is 0 Å². The molecule has 32 valence electrons. The summed E-state index contributed by atoms with van der Waals surface area (Å²) in [4.78, 5) is 7.01. The Kier molecular flexibility index (Phi) is 26.0. The zero-order valence-electron chi connectivity index (χ0n) is 3.16. The Balaban J connectivity index is -0.0000000450. The molecule has 0 spiro atoms. The van der Waals surface area contributed by atoms with Gasteiger partial charge in [-0.2, -0.15) is 0 Å². The summed E-state index contributed by atoms with van der Waals surface area (Å²) in [6.45, 7) is 0. The Hall–Kier alpha value is 1.85. The number of hydrogen-bond acceptors (Lipinski definition) is 3. The predicted molar refractivity (Wildman–Crippen MR) is 19.3 cm³/mol. The van der Waals surface area contributed by atoms with Gasteiger partial charge in [0.25, 0.3) is 0 Å². The molecule has 0 aliphatic heterocycles. The van der Waals surface area contributed by atoms with Gasteiger partial charge < -0.3 is 13.5 Å². The van der Waals surface area contributed by atoms with Gasteiger partial charge in [0, 0.05) is 0 Å². The molecule has 0 aromatic rings. The van der Waals surface area contributed by atoms with Gasteiger partial charge in [-0.25, -0.2) is 9.13 Å². The maximum absolute atomic E-state index is 8.59. The largest absolute Gasteiger partial charge is 1.00 e. The summed E-state index contributed by atoms with van der Waals surface area (Å²) >= 11 is 0. The molecule has 0 bridgehead atoms. The van der Waals surface area contributed by atoms with Crippen LogP contribution in [0.25, 0.3) is 0 Å². The van der Waals surface area contributed by atoms with E-state index >= 15 is 0 Å². The molecule has 0 rings (SSSR count). The summed E-state index contributed by atoms with van der Waals surface area (Å²) in [5.74, 6) is 0. The fraction of sp³-hybridized carbons (Fsp3) is 0. The Morgan fingerprint density at radius 3 is 1.33 bits per heavy atom. The van der Waals surface area contributed by atoms with Gasteiger partial charge in [-0.1, -0.05) is 0 Å². The molecular formula is H2KO3PS. The van der Waals surface area contributed by atoms with Crippen molar-refractivity contribution in [3.05, 3.63) is 0 Å². The van der Waals surface area contributed by atoms with Crippen molar-refractivity contribution in [3.8, 4) is 0 Å². The number of thiol groups is 1. The summed E-state index contributed by atoms with van der Waals surface area (Å²) in [5, 5.41) is 0. The van der Waals surface area contributed by atoms with E-state index in [4.69, 9.17) is 14.0 Å². The van der Waals surface area contributed by atoms with E-state index in [0.29, 0.717) is 0 Å². The van der Waals surface area contributed by atoms with Crippen LogP contribution in [0.1, 0.15) is 0 Å². The van der Waals surface area contributed by atoms with Gasteiger partial charge in [0.15, 0.2) is 0 Å². The molecular weight excluding hydrogens is 150 g/mol. The molecule has 0 fully saturated rings. The molecule has 0 aromatic heterocycles. The standard InChI is InChI=1S/K.HO3P.H2S/c;1-4(2)3;/h;(H,1,2,3);1H2/q+1;;/p-1. The van der Waals surface area contributed by atoms with E-state index in [1.165, 1.54) is 0 Å². The summed E-state index contributed by atoms with van der Waals surface area (Å²) in [6.07, 6.45) is 0. The second-order valence-electron chi connectivity index (χ2n) is 0.238. The van der Waals surface area contributed by atoms with E-state index < -0.39 is 7.91 Å². The van der Waals surface area contributed by atoms with Crippen molar-refractivity contribution in [2.24, 2.45) is 0 Å². The Bertz CT molecular complexity index is 59.2. The van der Waals surface area contributed by atoms with Crippen molar-refractivity contribution in [3.63, 3.8) is 0 Å². The third-order valence-corrected chi connectivity index (χ3v) is 0. The fourth-order valence-corrected chi connectivity index (χ4v) is 0. The summed E-state index contributed by atoms with van der Waals surface area (Å²) in [6, 6.07) is 0. The van der Waals surface area contributed by atoms with Gasteiger partial charge >= 0.3 is 59.3 Å². The van der Waals surface area contributed by atoms with Gasteiger partial charge in [-0.3, -0.25) is 4.89 Å². The van der Waals surface area contributed by atoms with E-state index in [1.54, 1.807) is 0 Å². The van der Waals surface area contributed by atoms with E-state index in [0.717, 1.165) is 0 Å². The van der Waals surface area contributed by atoms with Crippen LogP contribution in [0.5, 0.6) is 0 Å². The molecule has 0 unspecified atom stereocenters.